The molecule has 446 valence electrons. The monoisotopic (exact) mass is 1100 g/mol. The fourth-order valence-electron chi connectivity index (χ4n) is 7.93. The summed E-state index contributed by atoms with van der Waals surface area (Å²) in [4.78, 5) is 38.2. The molecule has 0 aliphatic heterocycles. The van der Waals surface area contributed by atoms with Crippen LogP contribution < -0.4 is 0 Å². The maximum absolute atomic E-state index is 12.8. The van der Waals surface area contributed by atoms with Gasteiger partial charge in [-0.3, -0.25) is 14.4 Å². The van der Waals surface area contributed by atoms with Gasteiger partial charge in [0.25, 0.3) is 0 Å². The third kappa shape index (κ3) is 63.3. The van der Waals surface area contributed by atoms with E-state index in [4.69, 9.17) is 14.2 Å². The van der Waals surface area contributed by atoms with Gasteiger partial charge in [-0.2, -0.15) is 0 Å². The van der Waals surface area contributed by atoms with Gasteiger partial charge in [-0.1, -0.05) is 267 Å². The van der Waals surface area contributed by atoms with E-state index in [9.17, 15) is 14.4 Å². The van der Waals surface area contributed by atoms with Gasteiger partial charge < -0.3 is 14.2 Å². The van der Waals surface area contributed by atoms with Crippen molar-refractivity contribution >= 4 is 17.9 Å². The first-order chi connectivity index (χ1) is 39.5. The highest BCUT2D eigenvalue weighted by molar-refractivity contribution is 5.71. The Morgan fingerprint density at radius 3 is 0.838 bits per heavy atom. The molecule has 1 unspecified atom stereocenters. The van der Waals surface area contributed by atoms with Gasteiger partial charge in [0.2, 0.25) is 0 Å². The molecule has 0 aliphatic rings. The number of allylic oxidation sites excluding steroid dienone is 30. The third-order valence-corrected chi connectivity index (χ3v) is 12.6. The minimum atomic E-state index is -0.828. The van der Waals surface area contributed by atoms with Crippen molar-refractivity contribution in [2.75, 3.05) is 13.2 Å². The first-order valence-electron chi connectivity index (χ1n) is 31.8. The quantitative estimate of drug-likeness (QED) is 0.0261. The molecular formula is C74H114O6. The van der Waals surface area contributed by atoms with Gasteiger partial charge >= 0.3 is 17.9 Å². The van der Waals surface area contributed by atoms with Gasteiger partial charge in [0.1, 0.15) is 13.2 Å². The average molecular weight is 1100 g/mol. The number of unbranched alkanes of at least 4 members (excludes halogenated alkanes) is 14. The minimum absolute atomic E-state index is 0.120. The first kappa shape index (κ1) is 74.5. The second kappa shape index (κ2) is 66.0. The second-order valence-corrected chi connectivity index (χ2v) is 20.2. The van der Waals surface area contributed by atoms with Crippen LogP contribution in [0.4, 0.5) is 0 Å². The average Bonchev–Trinajstić information content (AvgIpc) is 3.46. The Bertz CT molecular complexity index is 1890. The van der Waals surface area contributed by atoms with Crippen LogP contribution in [0, 0.1) is 0 Å². The molecule has 6 nitrogen and oxygen atoms in total. The SMILES string of the molecule is CC/C=C\C/C=C\C/C=C\C/C=C\C/C=C\C/C=C\C/C=C\C/C=C\C/C=C\CCCCCCCCCC(=O)OCC(COC(=O)CC/C=C\C/C=C\C/C=C\C/C=C\CC)OC(=O)CCCCCCC/C=C\C/C=C\CCCC. The van der Waals surface area contributed by atoms with Crippen LogP contribution in [0.25, 0.3) is 0 Å². The van der Waals surface area contributed by atoms with Crippen molar-refractivity contribution in [1.82, 2.24) is 0 Å². The normalized spacial score (nSPS) is 13.4. The van der Waals surface area contributed by atoms with Crippen LogP contribution in [0.15, 0.2) is 182 Å². The van der Waals surface area contributed by atoms with E-state index >= 15 is 0 Å². The summed E-state index contributed by atoms with van der Waals surface area (Å²) in [5.41, 5.74) is 0. The van der Waals surface area contributed by atoms with E-state index in [-0.39, 0.29) is 44.0 Å². The van der Waals surface area contributed by atoms with Crippen molar-refractivity contribution in [2.24, 2.45) is 0 Å². The van der Waals surface area contributed by atoms with Crippen LogP contribution >= 0.6 is 0 Å². The standard InChI is InChI=1S/C74H114O6/c1-4-7-10-13-16-19-22-25-27-28-29-30-31-32-33-34-35-36-37-38-39-40-41-42-43-44-45-46-47-50-52-55-58-61-64-67-73(76)79-70-71(69-78-72(75)66-63-60-57-54-51-48-24-21-18-15-12-9-6-3)80-74(77)68-65-62-59-56-53-49-26-23-20-17-14-11-8-5-2/h7,9-10,12,14,16-19,21,23,25-27,29-30,32-33,35-36,38-39,41-42,44-45,48,51,57,60,71H,4-6,8,11,13,15,20,22,24,28,31,34,37,40,43,46-47,49-50,52-56,58-59,61-70H2,1-3H3/b10-7-,12-9-,17-14-,19-16-,21-18-,26-23-,27-25-,30-29-,33-32-,36-35-,39-38-,42-41-,45-44-,51-48-,60-57-. The summed E-state index contributed by atoms with van der Waals surface area (Å²) < 4.78 is 16.8. The zero-order valence-corrected chi connectivity index (χ0v) is 51.0. The molecule has 0 aliphatic carbocycles. The van der Waals surface area contributed by atoms with Crippen LogP contribution in [0.2, 0.25) is 0 Å². The molecule has 0 rings (SSSR count). The Balaban J connectivity index is 4.32. The van der Waals surface area contributed by atoms with Crippen molar-refractivity contribution in [2.45, 2.75) is 252 Å². The second-order valence-electron chi connectivity index (χ2n) is 20.2. The van der Waals surface area contributed by atoms with Gasteiger partial charge in [-0.15, -0.1) is 0 Å². The summed E-state index contributed by atoms with van der Waals surface area (Å²) in [7, 11) is 0. The lowest BCUT2D eigenvalue weighted by atomic mass is 10.1. The molecule has 0 aromatic carbocycles. The smallest absolute Gasteiger partial charge is 0.306 e. The van der Waals surface area contributed by atoms with Gasteiger partial charge in [0, 0.05) is 19.3 Å². The van der Waals surface area contributed by atoms with Gasteiger partial charge in [0.15, 0.2) is 6.10 Å². The van der Waals surface area contributed by atoms with E-state index in [0.717, 1.165) is 161 Å². The highest BCUT2D eigenvalue weighted by atomic mass is 16.6. The summed E-state index contributed by atoms with van der Waals surface area (Å²) >= 11 is 0. The van der Waals surface area contributed by atoms with Crippen molar-refractivity contribution in [3.63, 3.8) is 0 Å². The fourth-order valence-corrected chi connectivity index (χ4v) is 7.93. The number of carbonyl (C=O) groups is 3. The molecule has 0 heterocycles. The summed E-state index contributed by atoms with van der Waals surface area (Å²) in [6.07, 6.45) is 99.2. The van der Waals surface area contributed by atoms with Crippen LogP contribution in [0.5, 0.6) is 0 Å². The van der Waals surface area contributed by atoms with E-state index in [1.807, 2.05) is 12.2 Å². The molecule has 0 aromatic rings. The van der Waals surface area contributed by atoms with E-state index < -0.39 is 6.10 Å². The molecule has 6 heteroatoms. The van der Waals surface area contributed by atoms with Crippen molar-refractivity contribution in [3.8, 4) is 0 Å². The van der Waals surface area contributed by atoms with Crippen molar-refractivity contribution in [3.05, 3.63) is 182 Å². The van der Waals surface area contributed by atoms with Crippen molar-refractivity contribution < 1.29 is 28.6 Å². The van der Waals surface area contributed by atoms with Gasteiger partial charge in [0.05, 0.1) is 0 Å². The molecule has 0 spiro atoms. The fraction of sp³-hybridized carbons (Fsp3) is 0.554. The van der Waals surface area contributed by atoms with Gasteiger partial charge in [-0.05, 0) is 141 Å². The molecular weight excluding hydrogens is 985 g/mol. The molecule has 0 radical (unpaired) electrons. The number of carbonyl (C=O) groups excluding carboxylic acids is 3. The Kier molecular flexibility index (Phi) is 61.5. The predicted octanol–water partition coefficient (Wildman–Crippen LogP) is 22.0. The highest BCUT2D eigenvalue weighted by Gasteiger charge is 2.19. The van der Waals surface area contributed by atoms with Crippen LogP contribution in [0.1, 0.15) is 245 Å². The van der Waals surface area contributed by atoms with E-state index in [1.165, 1.54) is 38.5 Å². The van der Waals surface area contributed by atoms with Crippen molar-refractivity contribution in [1.29, 1.82) is 0 Å². The lowest BCUT2D eigenvalue weighted by Crippen LogP contribution is -2.30. The van der Waals surface area contributed by atoms with E-state index in [2.05, 4.69) is 191 Å². The maximum atomic E-state index is 12.8. The lowest BCUT2D eigenvalue weighted by molar-refractivity contribution is -0.166. The molecule has 0 fully saturated rings. The summed E-state index contributed by atoms with van der Waals surface area (Å²) in [5.74, 6) is -1.04. The molecule has 0 N–H and O–H groups in total. The molecule has 1 atom stereocenters. The number of rotatable bonds is 55. The number of ether oxygens (including phenoxy) is 3. The molecule has 0 saturated heterocycles. The minimum Gasteiger partial charge on any atom is -0.462 e. The number of hydrogen-bond donors (Lipinski definition) is 0. The topological polar surface area (TPSA) is 78.9 Å². The molecule has 0 aromatic heterocycles. The lowest BCUT2D eigenvalue weighted by Gasteiger charge is -2.18. The van der Waals surface area contributed by atoms with Crippen LogP contribution in [-0.2, 0) is 28.6 Å². The van der Waals surface area contributed by atoms with Gasteiger partial charge in [-0.25, -0.2) is 0 Å². The first-order valence-corrected chi connectivity index (χ1v) is 31.8. The Morgan fingerprint density at radius 1 is 0.263 bits per heavy atom. The molecule has 0 saturated carbocycles. The molecule has 0 amide bonds. The van der Waals surface area contributed by atoms with Crippen LogP contribution in [0.3, 0.4) is 0 Å². The largest absolute Gasteiger partial charge is 0.462 e. The Morgan fingerprint density at radius 2 is 0.512 bits per heavy atom. The number of esters is 3. The third-order valence-electron chi connectivity index (χ3n) is 12.6. The zero-order valence-electron chi connectivity index (χ0n) is 51.0. The summed E-state index contributed by atoms with van der Waals surface area (Å²) in [5, 5.41) is 0. The number of hydrogen-bond acceptors (Lipinski definition) is 6. The van der Waals surface area contributed by atoms with Crippen LogP contribution in [-0.4, -0.2) is 37.2 Å². The van der Waals surface area contributed by atoms with E-state index in [0.29, 0.717) is 12.8 Å². The predicted molar refractivity (Wildman–Crippen MR) is 348 cm³/mol. The zero-order chi connectivity index (χ0) is 57.8. The molecule has 80 heavy (non-hydrogen) atoms. The highest BCUT2D eigenvalue weighted by Crippen LogP contribution is 2.13. The summed E-state index contributed by atoms with van der Waals surface area (Å²) in [6.45, 7) is 6.26. The van der Waals surface area contributed by atoms with E-state index in [1.54, 1.807) is 0 Å². The Hall–Kier alpha value is -5.49. The maximum Gasteiger partial charge on any atom is 0.306 e. The summed E-state index contributed by atoms with van der Waals surface area (Å²) in [6, 6.07) is 0. The Labute approximate surface area is 491 Å². The molecule has 0 bridgehead atoms.